The van der Waals surface area contributed by atoms with Crippen LogP contribution in [0.2, 0.25) is 0 Å². The summed E-state index contributed by atoms with van der Waals surface area (Å²) in [6, 6.07) is 10.1. The molecule has 0 saturated carbocycles. The third-order valence-corrected chi connectivity index (χ3v) is 7.90. The summed E-state index contributed by atoms with van der Waals surface area (Å²) in [5.74, 6) is 0.163. The van der Waals surface area contributed by atoms with Crippen LogP contribution in [0.5, 0.6) is 0 Å². The summed E-state index contributed by atoms with van der Waals surface area (Å²) in [5, 5.41) is 7.38. The molecule has 0 spiro atoms. The third kappa shape index (κ3) is 5.10. The summed E-state index contributed by atoms with van der Waals surface area (Å²) in [6.07, 6.45) is 3.12. The number of rotatable bonds is 8. The van der Waals surface area contributed by atoms with E-state index in [1.165, 1.54) is 5.56 Å². The van der Waals surface area contributed by atoms with E-state index in [4.69, 9.17) is 0 Å². The van der Waals surface area contributed by atoms with Crippen LogP contribution < -0.4 is 5.32 Å². The van der Waals surface area contributed by atoms with Gasteiger partial charge in [-0.15, -0.1) is 0 Å². The molecule has 1 fully saturated rings. The Morgan fingerprint density at radius 1 is 1.13 bits per heavy atom. The number of nitrogens with zero attached hydrogens (tertiary/aromatic N) is 3. The molecule has 1 amide bonds. The summed E-state index contributed by atoms with van der Waals surface area (Å²) < 4.78 is 29.4. The fraction of sp³-hybridized carbons (Fsp3) is 0.545. The van der Waals surface area contributed by atoms with Crippen LogP contribution in [0.15, 0.2) is 35.2 Å². The molecule has 1 aliphatic rings. The number of piperidine rings is 1. The topological polar surface area (TPSA) is 84.3 Å². The van der Waals surface area contributed by atoms with Crippen molar-refractivity contribution < 1.29 is 13.2 Å². The highest BCUT2D eigenvalue weighted by atomic mass is 32.2. The second-order valence-electron chi connectivity index (χ2n) is 8.05. The molecule has 0 radical (unpaired) electrons. The largest absolute Gasteiger partial charge is 0.355 e. The minimum atomic E-state index is -3.54. The van der Waals surface area contributed by atoms with Gasteiger partial charge in [-0.3, -0.25) is 9.48 Å². The predicted molar refractivity (Wildman–Crippen MR) is 117 cm³/mol. The van der Waals surface area contributed by atoms with Gasteiger partial charge in [-0.2, -0.15) is 9.40 Å². The zero-order valence-electron chi connectivity index (χ0n) is 18.1. The van der Waals surface area contributed by atoms with Crippen LogP contribution in [0, 0.1) is 13.8 Å². The molecular weight excluding hydrogens is 400 g/mol. The first-order chi connectivity index (χ1) is 14.3. The number of carbonyl (C=O) groups is 1. The van der Waals surface area contributed by atoms with E-state index in [0.29, 0.717) is 42.5 Å². The van der Waals surface area contributed by atoms with E-state index < -0.39 is 10.0 Å². The monoisotopic (exact) mass is 432 g/mol. The molecule has 7 nitrogen and oxygen atoms in total. The number of hydrogen-bond donors (Lipinski definition) is 1. The minimum Gasteiger partial charge on any atom is -0.355 e. The van der Waals surface area contributed by atoms with Crippen LogP contribution >= 0.6 is 0 Å². The maximum atomic E-state index is 13.1. The zero-order valence-corrected chi connectivity index (χ0v) is 18.9. The lowest BCUT2D eigenvalue weighted by atomic mass is 10.0. The van der Waals surface area contributed by atoms with Gasteiger partial charge in [0.05, 0.1) is 17.9 Å². The number of sulfonamides is 1. The fourth-order valence-corrected chi connectivity index (χ4v) is 5.86. The molecule has 1 atom stereocenters. The highest BCUT2D eigenvalue weighted by Gasteiger charge is 2.31. The van der Waals surface area contributed by atoms with E-state index in [9.17, 15) is 13.2 Å². The first-order valence-corrected chi connectivity index (χ1v) is 12.1. The van der Waals surface area contributed by atoms with E-state index in [1.54, 1.807) is 22.8 Å². The maximum absolute atomic E-state index is 13.1. The molecule has 8 heteroatoms. The van der Waals surface area contributed by atoms with Crippen molar-refractivity contribution in [2.75, 3.05) is 19.6 Å². The fourth-order valence-electron chi connectivity index (χ4n) is 3.97. The molecule has 1 aliphatic heterocycles. The van der Waals surface area contributed by atoms with Gasteiger partial charge < -0.3 is 5.32 Å². The Morgan fingerprint density at radius 3 is 2.47 bits per heavy atom. The molecule has 2 heterocycles. The van der Waals surface area contributed by atoms with Gasteiger partial charge in [0.2, 0.25) is 15.9 Å². The molecule has 1 N–H and O–H groups in total. The van der Waals surface area contributed by atoms with Crippen molar-refractivity contribution in [3.63, 3.8) is 0 Å². The average Bonchev–Trinajstić information content (AvgIpc) is 3.05. The number of amides is 1. The van der Waals surface area contributed by atoms with E-state index in [-0.39, 0.29) is 18.2 Å². The Kier molecular flexibility index (Phi) is 7.31. The maximum Gasteiger partial charge on any atom is 0.246 e. The Hall–Kier alpha value is -2.19. The van der Waals surface area contributed by atoms with E-state index in [1.807, 2.05) is 18.2 Å². The average molecular weight is 433 g/mol. The van der Waals surface area contributed by atoms with Crippen molar-refractivity contribution in [3.8, 4) is 0 Å². The van der Waals surface area contributed by atoms with Crippen LogP contribution in [0.3, 0.4) is 0 Å². The highest BCUT2D eigenvalue weighted by Crippen LogP contribution is 2.26. The lowest BCUT2D eigenvalue weighted by Crippen LogP contribution is -2.36. The summed E-state index contributed by atoms with van der Waals surface area (Å²) in [4.78, 5) is 12.6. The molecule has 0 bridgehead atoms. The van der Waals surface area contributed by atoms with Gasteiger partial charge in [0.1, 0.15) is 4.90 Å². The van der Waals surface area contributed by atoms with E-state index in [0.717, 1.165) is 19.3 Å². The molecule has 1 aromatic heterocycles. The van der Waals surface area contributed by atoms with Gasteiger partial charge >= 0.3 is 0 Å². The van der Waals surface area contributed by atoms with Gasteiger partial charge in [-0.1, -0.05) is 43.7 Å². The highest BCUT2D eigenvalue weighted by molar-refractivity contribution is 7.89. The molecule has 1 saturated heterocycles. The zero-order chi connectivity index (χ0) is 21.7. The Morgan fingerprint density at radius 2 is 1.80 bits per heavy atom. The number of aryl methyl sites for hydroxylation is 2. The van der Waals surface area contributed by atoms with Gasteiger partial charge in [-0.05, 0) is 38.2 Å². The summed E-state index contributed by atoms with van der Waals surface area (Å²) >= 11 is 0. The van der Waals surface area contributed by atoms with Gasteiger partial charge in [-0.25, -0.2) is 8.42 Å². The number of hydrogen-bond acceptors (Lipinski definition) is 4. The van der Waals surface area contributed by atoms with E-state index >= 15 is 0 Å². The molecule has 0 unspecified atom stereocenters. The molecule has 0 aliphatic carbocycles. The SMILES string of the molecule is Cc1nn(CCC(=O)NC[C@@H](C)c2ccccc2)c(C)c1S(=O)(=O)N1CCCCC1. The van der Waals surface area contributed by atoms with Crippen molar-refractivity contribution in [1.82, 2.24) is 19.4 Å². The standard InChI is InChI=1S/C22H32N4O3S/c1-17(20-10-6-4-7-11-20)16-23-21(27)12-15-26-19(3)22(18(2)24-26)30(28,29)25-13-8-5-9-14-25/h4,6-7,10-11,17H,5,8-9,12-16H2,1-3H3,(H,23,27)/t17-/m1/s1. The van der Waals surface area contributed by atoms with Crippen molar-refractivity contribution in [3.05, 3.63) is 47.3 Å². The second-order valence-corrected chi connectivity index (χ2v) is 9.93. The van der Waals surface area contributed by atoms with Crippen LogP contribution in [0.4, 0.5) is 0 Å². The van der Waals surface area contributed by atoms with Crippen molar-refractivity contribution in [1.29, 1.82) is 0 Å². The summed E-state index contributed by atoms with van der Waals surface area (Å²) in [7, 11) is -3.54. The normalized spacial score (nSPS) is 16.4. The predicted octanol–water partition coefficient (Wildman–Crippen LogP) is 2.98. The lowest BCUT2D eigenvalue weighted by molar-refractivity contribution is -0.121. The van der Waals surface area contributed by atoms with Crippen LogP contribution in [0.1, 0.15) is 55.5 Å². The van der Waals surface area contributed by atoms with Crippen molar-refractivity contribution in [2.24, 2.45) is 0 Å². The summed E-state index contributed by atoms with van der Waals surface area (Å²) in [6.45, 7) is 7.62. The van der Waals surface area contributed by atoms with Gasteiger partial charge in [0.25, 0.3) is 0 Å². The number of benzene rings is 1. The van der Waals surface area contributed by atoms with E-state index in [2.05, 4.69) is 29.5 Å². The lowest BCUT2D eigenvalue weighted by Gasteiger charge is -2.26. The van der Waals surface area contributed by atoms with Gasteiger partial charge in [0, 0.05) is 26.1 Å². The third-order valence-electron chi connectivity index (χ3n) is 5.75. The number of carbonyl (C=O) groups excluding carboxylic acids is 1. The van der Waals surface area contributed by atoms with Crippen molar-refractivity contribution in [2.45, 2.75) is 63.8 Å². The Balaban J connectivity index is 1.59. The molecule has 164 valence electrons. The Bertz CT molecular complexity index is 964. The molecule has 30 heavy (non-hydrogen) atoms. The number of nitrogens with one attached hydrogen (secondary N) is 1. The number of aromatic nitrogens is 2. The van der Waals surface area contributed by atoms with Crippen molar-refractivity contribution >= 4 is 15.9 Å². The van der Waals surface area contributed by atoms with Crippen LogP contribution in [-0.2, 0) is 21.4 Å². The van der Waals surface area contributed by atoms with Crippen LogP contribution in [0.25, 0.3) is 0 Å². The quantitative estimate of drug-likeness (QED) is 0.695. The first-order valence-electron chi connectivity index (χ1n) is 10.7. The molecule has 2 aromatic rings. The smallest absolute Gasteiger partial charge is 0.246 e. The Labute approximate surface area is 179 Å². The van der Waals surface area contributed by atoms with Crippen LogP contribution in [-0.4, -0.2) is 48.0 Å². The van der Waals surface area contributed by atoms with Gasteiger partial charge in [0.15, 0.2) is 0 Å². The molecule has 1 aromatic carbocycles. The first kappa shape index (κ1) is 22.5. The summed E-state index contributed by atoms with van der Waals surface area (Å²) in [5.41, 5.74) is 2.28. The minimum absolute atomic E-state index is 0.0641. The second kappa shape index (κ2) is 9.75. The molecule has 3 rings (SSSR count). The molecular formula is C22H32N4O3S.